The van der Waals surface area contributed by atoms with E-state index in [-0.39, 0.29) is 35.5 Å². The van der Waals surface area contributed by atoms with Crippen LogP contribution in [0, 0.1) is 11.8 Å². The van der Waals surface area contributed by atoms with Gasteiger partial charge in [-0.05, 0) is 35.4 Å². The van der Waals surface area contributed by atoms with Crippen molar-refractivity contribution >= 4 is 26.2 Å². The summed E-state index contributed by atoms with van der Waals surface area (Å²) in [6.45, 7) is 0.222. The Hall–Kier alpha value is -3.03. The molecule has 2 aliphatic rings. The predicted octanol–water partition coefficient (Wildman–Crippen LogP) is 1.98. The highest BCUT2D eigenvalue weighted by atomic mass is 32.2. The van der Waals surface area contributed by atoms with Gasteiger partial charge in [0, 0.05) is 5.92 Å². The van der Waals surface area contributed by atoms with E-state index in [1.165, 1.54) is 26.4 Å². The second kappa shape index (κ2) is 9.21. The lowest BCUT2D eigenvalue weighted by Gasteiger charge is -2.17. The Kier molecular flexibility index (Phi) is 6.60. The van der Waals surface area contributed by atoms with E-state index >= 15 is 0 Å². The van der Waals surface area contributed by atoms with Crippen LogP contribution >= 0.6 is 0 Å². The second-order valence-electron chi connectivity index (χ2n) is 8.20. The van der Waals surface area contributed by atoms with Crippen LogP contribution in [0.15, 0.2) is 36.4 Å². The Morgan fingerprint density at radius 3 is 1.71 bits per heavy atom. The average Bonchev–Trinajstić information content (AvgIpc) is 3.34. The third kappa shape index (κ3) is 5.31. The Morgan fingerprint density at radius 1 is 0.771 bits per heavy atom. The van der Waals surface area contributed by atoms with Crippen molar-refractivity contribution in [1.82, 2.24) is 0 Å². The van der Waals surface area contributed by atoms with E-state index in [0.717, 1.165) is 12.5 Å². The van der Waals surface area contributed by atoms with Crippen molar-refractivity contribution in [2.45, 2.75) is 12.2 Å². The summed E-state index contributed by atoms with van der Waals surface area (Å²) in [4.78, 5) is 12.9. The number of cyclic esters (lactones) is 1. The smallest absolute Gasteiger partial charge is 0.313 e. The summed E-state index contributed by atoms with van der Waals surface area (Å²) >= 11 is 0. The summed E-state index contributed by atoms with van der Waals surface area (Å²) in [7, 11) is -4.78. The first kappa shape index (κ1) is 25.1. The van der Waals surface area contributed by atoms with E-state index in [2.05, 4.69) is 0 Å². The van der Waals surface area contributed by atoms with Crippen molar-refractivity contribution in [3.8, 4) is 23.0 Å². The van der Waals surface area contributed by atoms with Gasteiger partial charge in [0.05, 0.1) is 45.4 Å². The van der Waals surface area contributed by atoms with Crippen molar-refractivity contribution in [3.05, 3.63) is 47.5 Å². The predicted molar refractivity (Wildman–Crippen MR) is 121 cm³/mol. The molecule has 0 aliphatic carbocycles. The molecule has 35 heavy (non-hydrogen) atoms. The molecule has 0 amide bonds. The number of esters is 1. The molecule has 2 aliphatic heterocycles. The zero-order valence-electron chi connectivity index (χ0n) is 19.3. The zero-order valence-corrected chi connectivity index (χ0v) is 20.9. The highest BCUT2D eigenvalue weighted by molar-refractivity contribution is 7.86. The standard InChI is InChI=1S/C22H24O11S2/c1-28-17-9-12(5-7-15(17)32-34(3,24)25)20-14-11-30-21(19(14)22(23)31-20)13-6-8-16(18(10-13)29-2)33-35(4,26)27/h5-10,14,19-21H,11H2,1-4H3/t14-,19-,20+,21-/m0/s1. The normalized spacial score (nSPS) is 23.9. The number of rotatable bonds is 8. The molecule has 0 aromatic heterocycles. The highest BCUT2D eigenvalue weighted by Crippen LogP contribution is 2.52. The molecule has 0 unspecified atom stereocenters. The number of hydrogen-bond donors (Lipinski definition) is 0. The first-order valence-corrected chi connectivity index (χ1v) is 14.0. The van der Waals surface area contributed by atoms with Gasteiger partial charge in [-0.25, -0.2) is 0 Å². The Balaban J connectivity index is 1.60. The summed E-state index contributed by atoms with van der Waals surface area (Å²) in [5, 5.41) is 0. The fraction of sp³-hybridized carbons (Fsp3) is 0.409. The van der Waals surface area contributed by atoms with Crippen LogP contribution in [-0.4, -0.2) is 56.1 Å². The molecule has 0 radical (unpaired) electrons. The molecule has 0 bridgehead atoms. The minimum Gasteiger partial charge on any atom is -0.493 e. The van der Waals surface area contributed by atoms with Gasteiger partial charge in [0.25, 0.3) is 0 Å². The van der Waals surface area contributed by atoms with Crippen molar-refractivity contribution in [2.24, 2.45) is 11.8 Å². The molecule has 0 N–H and O–H groups in total. The van der Waals surface area contributed by atoms with Gasteiger partial charge in [-0.3, -0.25) is 4.79 Å². The molecular weight excluding hydrogens is 504 g/mol. The van der Waals surface area contributed by atoms with Gasteiger partial charge in [0.2, 0.25) is 0 Å². The monoisotopic (exact) mass is 528 g/mol. The largest absolute Gasteiger partial charge is 0.493 e. The second-order valence-corrected chi connectivity index (χ2v) is 11.3. The first-order chi connectivity index (χ1) is 16.4. The van der Waals surface area contributed by atoms with Gasteiger partial charge in [-0.1, -0.05) is 12.1 Å². The summed E-state index contributed by atoms with van der Waals surface area (Å²) in [6, 6.07) is 9.22. The molecule has 2 aromatic carbocycles. The molecule has 11 nitrogen and oxygen atoms in total. The quantitative estimate of drug-likeness (QED) is 0.367. The molecule has 0 spiro atoms. The van der Waals surface area contributed by atoms with Crippen LogP contribution in [0.4, 0.5) is 0 Å². The van der Waals surface area contributed by atoms with Gasteiger partial charge in [-0.15, -0.1) is 0 Å². The maximum absolute atomic E-state index is 12.9. The molecule has 190 valence electrons. The fourth-order valence-corrected chi connectivity index (χ4v) is 5.24. The molecule has 0 saturated carbocycles. The SMILES string of the molecule is COc1cc([C@H]2OC(=O)[C@H]3[C@@H]2CO[C@H]3c2ccc(OS(C)(=O)=O)c(OC)c2)ccc1OS(C)(=O)=O. The molecule has 4 atom stereocenters. The van der Waals surface area contributed by atoms with Gasteiger partial charge in [0.15, 0.2) is 23.0 Å². The van der Waals surface area contributed by atoms with Crippen LogP contribution in [0.5, 0.6) is 23.0 Å². The van der Waals surface area contributed by atoms with E-state index in [1.807, 2.05) is 0 Å². The maximum atomic E-state index is 12.9. The van der Waals surface area contributed by atoms with Gasteiger partial charge in [-0.2, -0.15) is 16.8 Å². The first-order valence-electron chi connectivity index (χ1n) is 10.4. The van der Waals surface area contributed by atoms with E-state index in [1.54, 1.807) is 24.3 Å². The highest BCUT2D eigenvalue weighted by Gasteiger charge is 2.54. The summed E-state index contributed by atoms with van der Waals surface area (Å²) in [5.41, 5.74) is 1.20. The molecular formula is C22H24O11S2. The zero-order chi connectivity index (χ0) is 25.5. The van der Waals surface area contributed by atoms with Crippen LogP contribution in [0.2, 0.25) is 0 Å². The minimum atomic E-state index is -3.76. The molecule has 2 saturated heterocycles. The van der Waals surface area contributed by atoms with Crippen molar-refractivity contribution in [1.29, 1.82) is 0 Å². The van der Waals surface area contributed by atoms with Crippen molar-refractivity contribution in [3.63, 3.8) is 0 Å². The molecule has 4 rings (SSSR count). The topological polar surface area (TPSA) is 141 Å². The van der Waals surface area contributed by atoms with Crippen molar-refractivity contribution in [2.75, 3.05) is 33.3 Å². The Bertz CT molecular complexity index is 1270. The van der Waals surface area contributed by atoms with Crippen LogP contribution in [0.25, 0.3) is 0 Å². The number of fused-ring (bicyclic) bond motifs is 1. The number of ether oxygens (including phenoxy) is 4. The summed E-state index contributed by atoms with van der Waals surface area (Å²) in [6.07, 6.45) is 0.560. The number of benzene rings is 2. The lowest BCUT2D eigenvalue weighted by molar-refractivity contribution is -0.148. The molecule has 2 aromatic rings. The lowest BCUT2D eigenvalue weighted by atomic mass is 9.84. The third-order valence-corrected chi connectivity index (χ3v) is 6.64. The number of methoxy groups -OCH3 is 2. The van der Waals surface area contributed by atoms with E-state index in [4.69, 9.17) is 27.3 Å². The van der Waals surface area contributed by atoms with Crippen LogP contribution < -0.4 is 17.8 Å². The molecule has 2 heterocycles. The van der Waals surface area contributed by atoms with Crippen molar-refractivity contribution < 1.29 is 48.9 Å². The lowest BCUT2D eigenvalue weighted by Crippen LogP contribution is -2.18. The van der Waals surface area contributed by atoms with E-state index in [9.17, 15) is 21.6 Å². The Labute approximate surface area is 203 Å². The minimum absolute atomic E-state index is 0.0173. The van der Waals surface area contributed by atoms with E-state index in [0.29, 0.717) is 11.1 Å². The van der Waals surface area contributed by atoms with Gasteiger partial charge in [0.1, 0.15) is 6.10 Å². The van der Waals surface area contributed by atoms with Gasteiger partial charge < -0.3 is 27.3 Å². The third-order valence-electron chi connectivity index (χ3n) is 5.67. The summed E-state index contributed by atoms with van der Waals surface area (Å²) in [5.74, 6) is -1.01. The maximum Gasteiger partial charge on any atom is 0.313 e. The van der Waals surface area contributed by atoms with Crippen LogP contribution in [0.3, 0.4) is 0 Å². The molecule has 2 fully saturated rings. The van der Waals surface area contributed by atoms with Crippen LogP contribution in [0.1, 0.15) is 23.3 Å². The van der Waals surface area contributed by atoms with E-state index < -0.39 is 44.3 Å². The number of hydrogen-bond acceptors (Lipinski definition) is 11. The summed E-state index contributed by atoms with van der Waals surface area (Å²) < 4.78 is 78.0. The molecule has 13 heteroatoms. The van der Waals surface area contributed by atoms with Gasteiger partial charge >= 0.3 is 26.2 Å². The number of carbonyl (C=O) groups excluding carboxylic acids is 1. The van der Waals surface area contributed by atoms with Crippen LogP contribution in [-0.2, 0) is 34.5 Å². The Morgan fingerprint density at radius 2 is 1.26 bits per heavy atom. The average molecular weight is 529 g/mol. The fourth-order valence-electron chi connectivity index (χ4n) is 4.32. The number of carbonyl (C=O) groups is 1.